The number of rotatable bonds is 4. The SMILES string of the molecule is CC(C)C1Oc2c(cc([S+]([O-])N(C)C)cc2-c2cn(C)c(=O)c3[nH]ccc23)NC1=O. The third-order valence-electron chi connectivity index (χ3n) is 5.15. The van der Waals surface area contributed by atoms with Gasteiger partial charge in [-0.3, -0.25) is 9.59 Å². The summed E-state index contributed by atoms with van der Waals surface area (Å²) in [6.45, 7) is 3.84. The maximum atomic E-state index is 12.8. The number of fused-ring (bicyclic) bond motifs is 2. The second-order valence-electron chi connectivity index (χ2n) is 7.91. The highest BCUT2D eigenvalue weighted by Gasteiger charge is 2.34. The van der Waals surface area contributed by atoms with E-state index in [4.69, 9.17) is 4.74 Å². The van der Waals surface area contributed by atoms with Crippen molar-refractivity contribution in [3.63, 3.8) is 0 Å². The van der Waals surface area contributed by atoms with Crippen molar-refractivity contribution in [3.05, 3.63) is 40.9 Å². The molecular weight excluding hydrogens is 404 g/mol. The van der Waals surface area contributed by atoms with E-state index in [1.54, 1.807) is 50.0 Å². The minimum atomic E-state index is -1.43. The van der Waals surface area contributed by atoms with Crippen LogP contribution in [0.1, 0.15) is 13.8 Å². The van der Waals surface area contributed by atoms with Gasteiger partial charge in [-0.05, 0) is 12.0 Å². The molecule has 0 spiro atoms. The van der Waals surface area contributed by atoms with Gasteiger partial charge < -0.3 is 24.2 Å². The molecule has 4 rings (SSSR count). The van der Waals surface area contributed by atoms with Gasteiger partial charge in [-0.1, -0.05) is 13.8 Å². The highest BCUT2D eigenvalue weighted by molar-refractivity contribution is 7.89. The predicted octanol–water partition coefficient (Wildman–Crippen LogP) is 2.47. The Morgan fingerprint density at radius 1 is 1.23 bits per heavy atom. The standard InChI is InChI=1S/C21H24N4O4S/c1-11(2)18-20(26)23-16-9-12(30(28)24(3)4)8-14(19(16)29-18)15-10-25(5)21(27)17-13(15)6-7-22-17/h6-11,18,22H,1-5H3,(H,23,26). The van der Waals surface area contributed by atoms with Crippen molar-refractivity contribution in [3.8, 4) is 16.9 Å². The minimum absolute atomic E-state index is 0.0333. The van der Waals surface area contributed by atoms with Gasteiger partial charge in [0.25, 0.3) is 11.5 Å². The molecule has 0 aliphatic carbocycles. The molecule has 0 bridgehead atoms. The van der Waals surface area contributed by atoms with Gasteiger partial charge >= 0.3 is 0 Å². The Bertz CT molecular complexity index is 1200. The van der Waals surface area contributed by atoms with E-state index < -0.39 is 17.5 Å². The lowest BCUT2D eigenvalue weighted by molar-refractivity contribution is -0.125. The number of benzene rings is 1. The first-order chi connectivity index (χ1) is 14.2. The molecule has 2 unspecified atom stereocenters. The van der Waals surface area contributed by atoms with Crippen LogP contribution in [-0.4, -0.2) is 44.5 Å². The number of ether oxygens (including phenoxy) is 1. The molecule has 1 aromatic carbocycles. The van der Waals surface area contributed by atoms with Crippen LogP contribution in [0.2, 0.25) is 0 Å². The second-order valence-corrected chi connectivity index (χ2v) is 9.61. The smallest absolute Gasteiger partial charge is 0.274 e. The van der Waals surface area contributed by atoms with Crippen molar-refractivity contribution in [2.24, 2.45) is 13.0 Å². The summed E-state index contributed by atoms with van der Waals surface area (Å²) in [6.07, 6.45) is 2.81. The average Bonchev–Trinajstić information content (AvgIpc) is 3.18. The first-order valence-electron chi connectivity index (χ1n) is 9.61. The van der Waals surface area contributed by atoms with Crippen LogP contribution in [0, 0.1) is 5.92 Å². The van der Waals surface area contributed by atoms with Gasteiger partial charge in [0.05, 0.1) is 17.0 Å². The van der Waals surface area contributed by atoms with Gasteiger partial charge in [0.2, 0.25) is 0 Å². The van der Waals surface area contributed by atoms with Crippen LogP contribution < -0.4 is 15.6 Å². The van der Waals surface area contributed by atoms with E-state index in [1.807, 2.05) is 19.9 Å². The van der Waals surface area contributed by atoms with Crippen LogP contribution in [0.5, 0.6) is 5.75 Å². The Morgan fingerprint density at radius 3 is 2.63 bits per heavy atom. The first kappa shape index (κ1) is 20.5. The molecule has 0 radical (unpaired) electrons. The van der Waals surface area contributed by atoms with E-state index in [0.29, 0.717) is 27.4 Å². The molecule has 2 aromatic heterocycles. The molecule has 8 nitrogen and oxygen atoms in total. The quantitative estimate of drug-likeness (QED) is 0.622. The van der Waals surface area contributed by atoms with E-state index in [1.165, 1.54) is 4.57 Å². The number of pyridine rings is 1. The molecule has 3 heterocycles. The van der Waals surface area contributed by atoms with Gasteiger partial charge in [0.15, 0.2) is 16.7 Å². The number of aromatic nitrogens is 2. The Hall–Kier alpha value is -2.75. The molecule has 0 fully saturated rings. The number of nitrogens with zero attached hydrogens (tertiary/aromatic N) is 2. The summed E-state index contributed by atoms with van der Waals surface area (Å²) >= 11 is -1.43. The van der Waals surface area contributed by atoms with Gasteiger partial charge in [0, 0.05) is 62.2 Å². The summed E-state index contributed by atoms with van der Waals surface area (Å²) in [4.78, 5) is 28.6. The highest BCUT2D eigenvalue weighted by atomic mass is 32.2. The second kappa shape index (κ2) is 7.50. The molecule has 3 aromatic rings. The number of amides is 1. The molecule has 2 N–H and O–H groups in total. The monoisotopic (exact) mass is 428 g/mol. The predicted molar refractivity (Wildman–Crippen MR) is 117 cm³/mol. The summed E-state index contributed by atoms with van der Waals surface area (Å²) in [5.41, 5.74) is 2.22. The number of nitrogens with one attached hydrogen (secondary N) is 2. The Morgan fingerprint density at radius 2 is 1.97 bits per heavy atom. The zero-order valence-corrected chi connectivity index (χ0v) is 18.3. The molecule has 30 heavy (non-hydrogen) atoms. The molecule has 0 saturated carbocycles. The zero-order chi connectivity index (χ0) is 21.7. The topological polar surface area (TPSA) is 102 Å². The Labute approximate surface area is 177 Å². The van der Waals surface area contributed by atoms with E-state index in [2.05, 4.69) is 10.3 Å². The summed E-state index contributed by atoms with van der Waals surface area (Å²) in [6, 6.07) is 5.31. The van der Waals surface area contributed by atoms with Crippen molar-refractivity contribution in [1.82, 2.24) is 13.9 Å². The summed E-state index contributed by atoms with van der Waals surface area (Å²) < 4.78 is 22.1. The summed E-state index contributed by atoms with van der Waals surface area (Å²) in [5.74, 6) is 0.242. The molecule has 9 heteroatoms. The average molecular weight is 429 g/mol. The number of hydrogen-bond donors (Lipinski definition) is 2. The number of hydrogen-bond acceptors (Lipinski definition) is 5. The van der Waals surface area contributed by atoms with E-state index >= 15 is 0 Å². The largest absolute Gasteiger partial charge is 0.593 e. The Kier molecular flexibility index (Phi) is 5.13. The van der Waals surface area contributed by atoms with Gasteiger partial charge in [-0.25, -0.2) is 0 Å². The molecule has 1 aliphatic heterocycles. The fraction of sp³-hybridized carbons (Fsp3) is 0.333. The highest BCUT2D eigenvalue weighted by Crippen LogP contribution is 2.44. The van der Waals surface area contributed by atoms with Crippen LogP contribution in [0.15, 0.2) is 40.3 Å². The van der Waals surface area contributed by atoms with Crippen molar-refractivity contribution in [1.29, 1.82) is 0 Å². The fourth-order valence-corrected chi connectivity index (χ4v) is 4.50. The van der Waals surface area contributed by atoms with Crippen LogP contribution in [0.25, 0.3) is 22.0 Å². The molecule has 0 saturated heterocycles. The van der Waals surface area contributed by atoms with Crippen molar-refractivity contribution in [2.45, 2.75) is 24.8 Å². The van der Waals surface area contributed by atoms with Gasteiger partial charge in [0.1, 0.15) is 5.52 Å². The third kappa shape index (κ3) is 3.28. The van der Waals surface area contributed by atoms with Crippen molar-refractivity contribution >= 4 is 33.9 Å². The zero-order valence-electron chi connectivity index (χ0n) is 17.5. The van der Waals surface area contributed by atoms with E-state index in [9.17, 15) is 14.1 Å². The number of H-pyrrole nitrogens is 1. The van der Waals surface area contributed by atoms with Gasteiger partial charge in [-0.2, -0.15) is 0 Å². The first-order valence-corrected chi connectivity index (χ1v) is 10.7. The molecule has 1 amide bonds. The summed E-state index contributed by atoms with van der Waals surface area (Å²) in [7, 11) is 5.12. The number of carbonyl (C=O) groups is 1. The van der Waals surface area contributed by atoms with E-state index in [-0.39, 0.29) is 17.4 Å². The number of aromatic amines is 1. The van der Waals surface area contributed by atoms with Crippen LogP contribution >= 0.6 is 0 Å². The molecule has 158 valence electrons. The molecule has 2 atom stereocenters. The lowest BCUT2D eigenvalue weighted by Gasteiger charge is -2.30. The van der Waals surface area contributed by atoms with Crippen LogP contribution in [0.3, 0.4) is 0 Å². The molecular formula is C21H24N4O4S. The normalized spacial score (nSPS) is 17.2. The summed E-state index contributed by atoms with van der Waals surface area (Å²) in [5, 5.41) is 3.64. The fourth-order valence-electron chi connectivity index (χ4n) is 3.64. The minimum Gasteiger partial charge on any atom is -0.593 e. The number of carbonyl (C=O) groups excluding carboxylic acids is 1. The number of aryl methyl sites for hydroxylation is 1. The molecule has 1 aliphatic rings. The van der Waals surface area contributed by atoms with Crippen LogP contribution in [0.4, 0.5) is 5.69 Å². The Balaban J connectivity index is 2.02. The van der Waals surface area contributed by atoms with Gasteiger partial charge in [-0.15, -0.1) is 4.31 Å². The third-order valence-corrected chi connectivity index (χ3v) is 6.45. The lowest BCUT2D eigenvalue weighted by Crippen LogP contribution is -2.41. The maximum Gasteiger partial charge on any atom is 0.274 e. The van der Waals surface area contributed by atoms with Crippen LogP contribution in [-0.2, 0) is 23.2 Å². The van der Waals surface area contributed by atoms with E-state index in [0.717, 1.165) is 10.9 Å². The lowest BCUT2D eigenvalue weighted by atomic mass is 9.99. The van der Waals surface area contributed by atoms with Crippen molar-refractivity contribution in [2.75, 3.05) is 19.4 Å². The number of anilines is 1. The van der Waals surface area contributed by atoms with Crippen molar-refractivity contribution < 1.29 is 14.1 Å². The maximum absolute atomic E-state index is 12.8.